The van der Waals surface area contributed by atoms with Gasteiger partial charge >= 0.3 is 5.97 Å². The number of carboxylic acids is 1. The van der Waals surface area contributed by atoms with E-state index in [1.165, 1.54) is 4.72 Å². The van der Waals surface area contributed by atoms with Crippen molar-refractivity contribution in [2.45, 2.75) is 10.8 Å². The van der Waals surface area contributed by atoms with Gasteiger partial charge in [-0.15, -0.1) is 0 Å². The van der Waals surface area contributed by atoms with Gasteiger partial charge in [0.15, 0.2) is 5.82 Å². The van der Waals surface area contributed by atoms with Gasteiger partial charge in [-0.2, -0.15) is 0 Å². The molecule has 0 aliphatic rings. The summed E-state index contributed by atoms with van der Waals surface area (Å²) in [4.78, 5) is 9.57. The molecule has 0 aliphatic heterocycles. The summed E-state index contributed by atoms with van der Waals surface area (Å²) < 4.78 is 64.2. The number of hydrogen-bond acceptors (Lipinski definition) is 4. The number of alkyl halides is 2. The van der Waals surface area contributed by atoms with Crippen LogP contribution >= 0.6 is 11.6 Å². The zero-order valence-electron chi connectivity index (χ0n) is 10.1. The van der Waals surface area contributed by atoms with Gasteiger partial charge in [-0.05, 0) is 12.1 Å². The minimum absolute atomic E-state index is 0.400. The van der Waals surface area contributed by atoms with E-state index in [2.05, 4.69) is 0 Å². The topological polar surface area (TPSA) is 104 Å². The maximum absolute atomic E-state index is 13.8. The fourth-order valence-electron chi connectivity index (χ4n) is 1.25. The number of aliphatic hydroxyl groups excluding tert-OH is 1. The standard InChI is InChI=1S/C10H9ClF3NO5S/c11-5-1-6(9(17)18)8(12)7(2-5)21(19,20)15-3-10(13,14)4-16/h1-2,15-16H,3-4H2,(H,17,18). The third-order valence-electron chi connectivity index (χ3n) is 2.28. The summed E-state index contributed by atoms with van der Waals surface area (Å²) in [5.74, 6) is -7.16. The Bertz CT molecular complexity index is 665. The molecule has 11 heteroatoms. The molecule has 0 saturated heterocycles. The van der Waals surface area contributed by atoms with Crippen molar-refractivity contribution in [3.8, 4) is 0 Å². The number of carboxylic acid groups (broad SMARTS) is 1. The summed E-state index contributed by atoms with van der Waals surface area (Å²) in [5, 5.41) is 16.6. The SMILES string of the molecule is O=C(O)c1cc(Cl)cc(S(=O)(=O)NCC(F)(F)CO)c1F. The number of rotatable bonds is 6. The van der Waals surface area contributed by atoms with Crippen molar-refractivity contribution in [3.63, 3.8) is 0 Å². The lowest BCUT2D eigenvalue weighted by Gasteiger charge is -2.15. The Balaban J connectivity index is 3.23. The van der Waals surface area contributed by atoms with Crippen LogP contribution < -0.4 is 4.72 Å². The van der Waals surface area contributed by atoms with Crippen LogP contribution in [0.25, 0.3) is 0 Å². The summed E-state index contributed by atoms with van der Waals surface area (Å²) in [5.41, 5.74) is -1.02. The summed E-state index contributed by atoms with van der Waals surface area (Å²) in [6.45, 7) is -3.10. The summed E-state index contributed by atoms with van der Waals surface area (Å²) in [7, 11) is -4.78. The Morgan fingerprint density at radius 2 is 1.95 bits per heavy atom. The first-order chi connectivity index (χ1) is 9.50. The van der Waals surface area contributed by atoms with E-state index in [-0.39, 0.29) is 0 Å². The number of nitrogens with one attached hydrogen (secondary N) is 1. The highest BCUT2D eigenvalue weighted by molar-refractivity contribution is 7.89. The highest BCUT2D eigenvalue weighted by Crippen LogP contribution is 2.24. The second-order valence-corrected chi connectivity index (χ2v) is 6.08. The van der Waals surface area contributed by atoms with Crippen LogP contribution in [0.1, 0.15) is 10.4 Å². The molecule has 6 nitrogen and oxygen atoms in total. The van der Waals surface area contributed by atoms with E-state index in [9.17, 15) is 26.4 Å². The average molecular weight is 348 g/mol. The van der Waals surface area contributed by atoms with Crippen molar-refractivity contribution < 1.29 is 36.6 Å². The van der Waals surface area contributed by atoms with E-state index in [1.54, 1.807) is 0 Å². The van der Waals surface area contributed by atoms with Gasteiger partial charge in [0.2, 0.25) is 10.0 Å². The zero-order chi connectivity index (χ0) is 16.4. The lowest BCUT2D eigenvalue weighted by atomic mass is 10.2. The second-order valence-electron chi connectivity index (χ2n) is 3.91. The molecule has 0 bridgehead atoms. The number of aliphatic hydroxyl groups is 1. The molecular formula is C10H9ClF3NO5S. The molecular weight excluding hydrogens is 339 g/mol. The molecule has 21 heavy (non-hydrogen) atoms. The molecule has 3 N–H and O–H groups in total. The molecule has 0 spiro atoms. The number of aromatic carboxylic acids is 1. The maximum atomic E-state index is 13.8. The fraction of sp³-hybridized carbons (Fsp3) is 0.300. The van der Waals surface area contributed by atoms with E-state index < -0.39 is 56.4 Å². The number of halogens is 4. The quantitative estimate of drug-likeness (QED) is 0.714. The Kier molecular flexibility index (Phi) is 5.20. The van der Waals surface area contributed by atoms with E-state index in [4.69, 9.17) is 21.8 Å². The summed E-state index contributed by atoms with van der Waals surface area (Å²) >= 11 is 5.48. The molecule has 0 saturated carbocycles. The Morgan fingerprint density at radius 3 is 2.43 bits per heavy atom. The molecule has 1 rings (SSSR count). The summed E-state index contributed by atoms with van der Waals surface area (Å²) in [6.07, 6.45) is 0. The first kappa shape index (κ1) is 17.7. The molecule has 0 aliphatic carbocycles. The lowest BCUT2D eigenvalue weighted by Crippen LogP contribution is -2.39. The normalized spacial score (nSPS) is 12.4. The molecule has 118 valence electrons. The van der Waals surface area contributed by atoms with E-state index >= 15 is 0 Å². The molecule has 1 aromatic rings. The molecule has 1 aromatic carbocycles. The van der Waals surface area contributed by atoms with Crippen molar-refractivity contribution in [1.29, 1.82) is 0 Å². The van der Waals surface area contributed by atoms with Gasteiger partial charge in [0, 0.05) is 5.02 Å². The van der Waals surface area contributed by atoms with Gasteiger partial charge in [0.25, 0.3) is 5.92 Å². The molecule has 0 radical (unpaired) electrons. The Labute approximate surface area is 122 Å². The second kappa shape index (κ2) is 6.18. The van der Waals surface area contributed by atoms with E-state index in [1.807, 2.05) is 0 Å². The molecule has 0 unspecified atom stereocenters. The van der Waals surface area contributed by atoms with Crippen LogP contribution in [0.5, 0.6) is 0 Å². The fourth-order valence-corrected chi connectivity index (χ4v) is 2.72. The van der Waals surface area contributed by atoms with Crippen molar-refractivity contribution in [1.82, 2.24) is 4.72 Å². The van der Waals surface area contributed by atoms with Crippen LogP contribution in [0.2, 0.25) is 5.02 Å². The number of hydrogen-bond donors (Lipinski definition) is 3. The maximum Gasteiger partial charge on any atom is 0.338 e. The minimum atomic E-state index is -4.78. The Morgan fingerprint density at radius 1 is 1.38 bits per heavy atom. The first-order valence-corrected chi connectivity index (χ1v) is 7.07. The van der Waals surface area contributed by atoms with E-state index in [0.717, 1.165) is 0 Å². The third kappa shape index (κ3) is 4.30. The minimum Gasteiger partial charge on any atom is -0.478 e. The summed E-state index contributed by atoms with van der Waals surface area (Å²) in [6, 6.07) is 1.27. The average Bonchev–Trinajstić information content (AvgIpc) is 2.38. The monoisotopic (exact) mass is 347 g/mol. The van der Waals surface area contributed by atoms with Gasteiger partial charge in [0.1, 0.15) is 11.5 Å². The van der Waals surface area contributed by atoms with Crippen LogP contribution in [-0.2, 0) is 10.0 Å². The predicted octanol–water partition coefficient (Wildman–Crippen LogP) is 1.08. The molecule has 0 atom stereocenters. The Hall–Kier alpha value is -1.36. The van der Waals surface area contributed by atoms with Crippen LogP contribution in [0.15, 0.2) is 17.0 Å². The highest BCUT2D eigenvalue weighted by atomic mass is 35.5. The van der Waals surface area contributed by atoms with Gasteiger partial charge in [0.05, 0.1) is 12.1 Å². The highest BCUT2D eigenvalue weighted by Gasteiger charge is 2.32. The lowest BCUT2D eigenvalue weighted by molar-refractivity contribution is -0.0437. The van der Waals surface area contributed by atoms with Gasteiger partial charge in [-0.25, -0.2) is 31.1 Å². The number of sulfonamides is 1. The van der Waals surface area contributed by atoms with Crippen molar-refractivity contribution in [3.05, 3.63) is 28.5 Å². The predicted molar refractivity (Wildman–Crippen MR) is 65.6 cm³/mol. The third-order valence-corrected chi connectivity index (χ3v) is 3.89. The molecule has 0 aromatic heterocycles. The zero-order valence-corrected chi connectivity index (χ0v) is 11.7. The van der Waals surface area contributed by atoms with Crippen LogP contribution in [-0.4, -0.2) is 43.7 Å². The molecule has 0 amide bonds. The smallest absolute Gasteiger partial charge is 0.338 e. The van der Waals surface area contributed by atoms with E-state index in [0.29, 0.717) is 12.1 Å². The number of carbonyl (C=O) groups is 1. The largest absolute Gasteiger partial charge is 0.478 e. The van der Waals surface area contributed by atoms with Crippen LogP contribution in [0.3, 0.4) is 0 Å². The van der Waals surface area contributed by atoms with Crippen LogP contribution in [0.4, 0.5) is 13.2 Å². The van der Waals surface area contributed by atoms with Gasteiger partial charge in [-0.1, -0.05) is 11.6 Å². The number of benzene rings is 1. The van der Waals surface area contributed by atoms with Crippen LogP contribution in [0, 0.1) is 5.82 Å². The van der Waals surface area contributed by atoms with Crippen molar-refractivity contribution in [2.24, 2.45) is 0 Å². The first-order valence-electron chi connectivity index (χ1n) is 5.21. The van der Waals surface area contributed by atoms with Crippen molar-refractivity contribution >= 4 is 27.6 Å². The van der Waals surface area contributed by atoms with Gasteiger partial charge < -0.3 is 10.2 Å². The molecule has 0 fully saturated rings. The van der Waals surface area contributed by atoms with Crippen molar-refractivity contribution in [2.75, 3.05) is 13.2 Å². The molecule has 0 heterocycles. The van der Waals surface area contributed by atoms with Gasteiger partial charge in [-0.3, -0.25) is 0 Å².